The normalized spacial score (nSPS) is 13.0. The summed E-state index contributed by atoms with van der Waals surface area (Å²) in [5.41, 5.74) is 3.46. The van der Waals surface area contributed by atoms with E-state index in [1.165, 1.54) is 12.1 Å². The van der Waals surface area contributed by atoms with E-state index >= 15 is 0 Å². The van der Waals surface area contributed by atoms with Crippen molar-refractivity contribution in [2.45, 2.75) is 25.9 Å². The summed E-state index contributed by atoms with van der Waals surface area (Å²) in [5.74, 6) is -0.959. The molecule has 0 saturated carbocycles. The molecule has 30 heavy (non-hydrogen) atoms. The number of halogens is 2. The minimum Gasteiger partial charge on any atom is -0.453 e. The Hall–Kier alpha value is -2.91. The molecule has 2 atom stereocenters. The molecule has 0 heterocycles. The highest BCUT2D eigenvalue weighted by molar-refractivity contribution is 6.30. The summed E-state index contributed by atoms with van der Waals surface area (Å²) >= 11 is 5.99. The number of hydrogen-bond acceptors (Lipinski definition) is 2. The maximum absolute atomic E-state index is 13.2. The molecule has 0 amide bonds. The molecule has 4 heteroatoms. The van der Waals surface area contributed by atoms with Crippen LogP contribution in [0, 0.1) is 11.7 Å². The lowest BCUT2D eigenvalue weighted by atomic mass is 9.88. The maximum atomic E-state index is 13.2. The van der Waals surface area contributed by atoms with Crippen LogP contribution in [-0.2, 0) is 9.53 Å². The molecule has 3 rings (SSSR count). The van der Waals surface area contributed by atoms with E-state index < -0.39 is 12.0 Å². The van der Waals surface area contributed by atoms with Crippen LogP contribution in [0.15, 0.2) is 85.5 Å². The second kappa shape index (κ2) is 9.73. The van der Waals surface area contributed by atoms with Crippen molar-refractivity contribution in [1.29, 1.82) is 0 Å². The predicted molar refractivity (Wildman–Crippen MR) is 120 cm³/mol. The Bertz CT molecular complexity index is 1010. The fourth-order valence-corrected chi connectivity index (χ4v) is 3.58. The van der Waals surface area contributed by atoms with Gasteiger partial charge in [0.15, 0.2) is 0 Å². The Morgan fingerprint density at radius 1 is 0.967 bits per heavy atom. The lowest BCUT2D eigenvalue weighted by Crippen LogP contribution is -2.22. The summed E-state index contributed by atoms with van der Waals surface area (Å²) in [6.45, 7) is 7.82. The van der Waals surface area contributed by atoms with E-state index in [4.69, 9.17) is 16.3 Å². The number of benzene rings is 3. The van der Waals surface area contributed by atoms with E-state index in [0.29, 0.717) is 5.02 Å². The summed E-state index contributed by atoms with van der Waals surface area (Å²) < 4.78 is 19.1. The Balaban J connectivity index is 1.84. The lowest BCUT2D eigenvalue weighted by molar-refractivity contribution is -0.150. The van der Waals surface area contributed by atoms with Crippen molar-refractivity contribution in [3.63, 3.8) is 0 Å². The monoisotopic (exact) mass is 422 g/mol. The fourth-order valence-electron chi connectivity index (χ4n) is 3.45. The third-order valence-electron chi connectivity index (χ3n) is 5.00. The van der Waals surface area contributed by atoms with Crippen molar-refractivity contribution in [1.82, 2.24) is 0 Å². The first kappa shape index (κ1) is 21.8. The Morgan fingerprint density at radius 2 is 1.63 bits per heavy atom. The van der Waals surface area contributed by atoms with Crippen molar-refractivity contribution in [3.8, 4) is 11.1 Å². The molecule has 3 aromatic rings. The van der Waals surface area contributed by atoms with Gasteiger partial charge in [0.2, 0.25) is 0 Å². The van der Waals surface area contributed by atoms with Gasteiger partial charge in [-0.2, -0.15) is 0 Å². The fraction of sp³-hybridized carbons (Fsp3) is 0.192. The van der Waals surface area contributed by atoms with Gasteiger partial charge in [-0.15, -0.1) is 0 Å². The van der Waals surface area contributed by atoms with E-state index in [9.17, 15) is 9.18 Å². The van der Waals surface area contributed by atoms with Crippen LogP contribution in [-0.4, -0.2) is 5.97 Å². The molecule has 0 fully saturated rings. The largest absolute Gasteiger partial charge is 0.453 e. The number of hydrogen-bond donors (Lipinski definition) is 0. The van der Waals surface area contributed by atoms with Gasteiger partial charge in [-0.1, -0.05) is 74.5 Å². The average Bonchev–Trinajstić information content (AvgIpc) is 2.74. The number of carbonyl (C=O) groups excluding carboxylic acids is 1. The van der Waals surface area contributed by atoms with Gasteiger partial charge >= 0.3 is 5.97 Å². The first-order valence-electron chi connectivity index (χ1n) is 9.83. The minimum absolute atomic E-state index is 0.0506. The number of ether oxygens (including phenoxy) is 1. The van der Waals surface area contributed by atoms with Gasteiger partial charge in [0, 0.05) is 5.02 Å². The summed E-state index contributed by atoms with van der Waals surface area (Å²) in [6.07, 6.45) is 1.02. The number of rotatable bonds is 7. The van der Waals surface area contributed by atoms with Gasteiger partial charge in [-0.25, -0.2) is 4.39 Å². The molecule has 2 nitrogen and oxygen atoms in total. The zero-order valence-electron chi connectivity index (χ0n) is 17.0. The summed E-state index contributed by atoms with van der Waals surface area (Å²) in [5, 5.41) is 0.621. The van der Waals surface area contributed by atoms with E-state index in [-0.39, 0.29) is 17.7 Å². The van der Waals surface area contributed by atoms with Crippen LogP contribution in [0.4, 0.5) is 4.39 Å². The van der Waals surface area contributed by atoms with Gasteiger partial charge < -0.3 is 4.74 Å². The Kier molecular flexibility index (Phi) is 7.07. The van der Waals surface area contributed by atoms with Crippen LogP contribution >= 0.6 is 11.6 Å². The second-order valence-corrected chi connectivity index (χ2v) is 7.94. The van der Waals surface area contributed by atoms with Crippen LogP contribution in [0.1, 0.15) is 37.0 Å². The molecule has 154 valence electrons. The molecule has 3 aromatic carbocycles. The van der Waals surface area contributed by atoms with Crippen LogP contribution in [0.25, 0.3) is 11.1 Å². The predicted octanol–water partition coefficient (Wildman–Crippen LogP) is 7.36. The van der Waals surface area contributed by atoms with E-state index in [1.807, 2.05) is 50.2 Å². The third kappa shape index (κ3) is 5.17. The van der Waals surface area contributed by atoms with Crippen molar-refractivity contribution < 1.29 is 13.9 Å². The SMILES string of the molecule is C=CC(OC(=O)C(c1ccc(Cl)cc1)C(C)C)c1cccc(-c2ccc(F)cc2)c1. The molecule has 0 aliphatic carbocycles. The Morgan fingerprint density at radius 3 is 2.23 bits per heavy atom. The highest BCUT2D eigenvalue weighted by Crippen LogP contribution is 2.31. The first-order valence-corrected chi connectivity index (χ1v) is 10.2. The highest BCUT2D eigenvalue weighted by Gasteiger charge is 2.28. The molecule has 0 saturated heterocycles. The molecule has 0 aromatic heterocycles. The molecule has 0 N–H and O–H groups in total. The highest BCUT2D eigenvalue weighted by atomic mass is 35.5. The first-order chi connectivity index (χ1) is 14.4. The molecule has 2 unspecified atom stereocenters. The molecular weight excluding hydrogens is 399 g/mol. The number of esters is 1. The topological polar surface area (TPSA) is 26.3 Å². The standard InChI is InChI=1S/C26H24ClFO2/c1-4-24(21-7-5-6-20(16-21)18-10-14-23(28)15-11-18)30-26(29)25(17(2)3)19-8-12-22(27)13-9-19/h4-17,24-25H,1H2,2-3H3. The van der Waals surface area contributed by atoms with Gasteiger partial charge in [0.05, 0.1) is 5.92 Å². The Labute approximate surface area is 182 Å². The van der Waals surface area contributed by atoms with E-state index in [0.717, 1.165) is 22.3 Å². The van der Waals surface area contributed by atoms with Crippen molar-refractivity contribution in [2.75, 3.05) is 0 Å². The van der Waals surface area contributed by atoms with Crippen LogP contribution < -0.4 is 0 Å². The summed E-state index contributed by atoms with van der Waals surface area (Å²) in [4.78, 5) is 13.1. The van der Waals surface area contributed by atoms with E-state index in [2.05, 4.69) is 6.58 Å². The average molecular weight is 423 g/mol. The molecule has 0 aliphatic heterocycles. The van der Waals surface area contributed by atoms with Gasteiger partial charge in [-0.3, -0.25) is 4.79 Å². The van der Waals surface area contributed by atoms with Crippen molar-refractivity contribution in [3.05, 3.63) is 107 Å². The second-order valence-electron chi connectivity index (χ2n) is 7.50. The zero-order chi connectivity index (χ0) is 21.7. The van der Waals surface area contributed by atoms with Gasteiger partial charge in [-0.05, 0) is 64.6 Å². The summed E-state index contributed by atoms with van der Waals surface area (Å²) in [6, 6.07) is 21.2. The van der Waals surface area contributed by atoms with Crippen LogP contribution in [0.3, 0.4) is 0 Å². The van der Waals surface area contributed by atoms with Crippen molar-refractivity contribution >= 4 is 17.6 Å². The van der Waals surface area contributed by atoms with E-state index in [1.54, 1.807) is 30.3 Å². The van der Waals surface area contributed by atoms with Gasteiger partial charge in [0.1, 0.15) is 11.9 Å². The number of carbonyl (C=O) groups is 1. The van der Waals surface area contributed by atoms with Crippen LogP contribution in [0.5, 0.6) is 0 Å². The summed E-state index contributed by atoms with van der Waals surface area (Å²) in [7, 11) is 0. The molecule has 0 bridgehead atoms. The molecule has 0 spiro atoms. The van der Waals surface area contributed by atoms with Crippen LogP contribution in [0.2, 0.25) is 5.02 Å². The molecule has 0 aliphatic rings. The van der Waals surface area contributed by atoms with Gasteiger partial charge in [0.25, 0.3) is 0 Å². The molecule has 0 radical (unpaired) electrons. The third-order valence-corrected chi connectivity index (χ3v) is 5.25. The quantitative estimate of drug-likeness (QED) is 0.293. The maximum Gasteiger partial charge on any atom is 0.314 e. The lowest BCUT2D eigenvalue weighted by Gasteiger charge is -2.23. The minimum atomic E-state index is -0.591. The zero-order valence-corrected chi connectivity index (χ0v) is 17.8. The smallest absolute Gasteiger partial charge is 0.314 e. The molecular formula is C26H24ClFO2. The van der Waals surface area contributed by atoms with Crippen molar-refractivity contribution in [2.24, 2.45) is 5.92 Å².